The van der Waals surface area contributed by atoms with Crippen molar-refractivity contribution in [1.82, 2.24) is 0 Å². The summed E-state index contributed by atoms with van der Waals surface area (Å²) in [5.74, 6) is 1.26. The summed E-state index contributed by atoms with van der Waals surface area (Å²) in [5.41, 5.74) is 0.149. The number of methoxy groups -OCH3 is 2. The zero-order valence-electron chi connectivity index (χ0n) is 11.5. The molecule has 4 heteroatoms. The Bertz CT molecular complexity index is 453. The van der Waals surface area contributed by atoms with Crippen molar-refractivity contribution in [1.29, 1.82) is 0 Å². The van der Waals surface area contributed by atoms with Gasteiger partial charge in [0, 0.05) is 5.41 Å². The predicted molar refractivity (Wildman–Crippen MR) is 75.6 cm³/mol. The first-order valence-corrected chi connectivity index (χ1v) is 6.63. The highest BCUT2D eigenvalue weighted by molar-refractivity contribution is 9.10. The zero-order chi connectivity index (χ0) is 13.9. The van der Waals surface area contributed by atoms with Gasteiger partial charge in [-0.2, -0.15) is 0 Å². The molecule has 3 nitrogen and oxygen atoms in total. The van der Waals surface area contributed by atoms with Gasteiger partial charge in [-0.05, 0) is 34.5 Å². The van der Waals surface area contributed by atoms with Gasteiger partial charge in [-0.3, -0.25) is 4.79 Å². The standard InChI is InChI=1S/C14H19BrO3/c1-6-14(2,3)13(16)9-7-12(18-5)10(15)8-11(9)17-4/h7-8H,6H2,1-5H3. The van der Waals surface area contributed by atoms with Crippen LogP contribution in [0, 0.1) is 5.41 Å². The minimum atomic E-state index is -0.411. The number of hydrogen-bond donors (Lipinski definition) is 0. The van der Waals surface area contributed by atoms with E-state index < -0.39 is 5.41 Å². The molecule has 0 heterocycles. The first-order chi connectivity index (χ1) is 8.37. The van der Waals surface area contributed by atoms with Crippen molar-refractivity contribution in [3.63, 3.8) is 0 Å². The number of halogens is 1. The normalized spacial score (nSPS) is 11.2. The van der Waals surface area contributed by atoms with E-state index in [1.807, 2.05) is 20.8 Å². The Kier molecular flexibility index (Phi) is 4.79. The lowest BCUT2D eigenvalue weighted by Gasteiger charge is -2.22. The lowest BCUT2D eigenvalue weighted by molar-refractivity contribution is 0.0829. The van der Waals surface area contributed by atoms with Crippen molar-refractivity contribution < 1.29 is 14.3 Å². The van der Waals surface area contributed by atoms with Crippen molar-refractivity contribution in [2.24, 2.45) is 5.41 Å². The minimum Gasteiger partial charge on any atom is -0.496 e. The predicted octanol–water partition coefficient (Wildman–Crippen LogP) is 4.09. The van der Waals surface area contributed by atoms with Gasteiger partial charge in [0.05, 0.1) is 24.3 Å². The van der Waals surface area contributed by atoms with Crippen LogP contribution >= 0.6 is 15.9 Å². The van der Waals surface area contributed by atoms with Gasteiger partial charge in [0.2, 0.25) is 0 Å². The third-order valence-electron chi connectivity index (χ3n) is 3.22. The maximum atomic E-state index is 12.5. The summed E-state index contributed by atoms with van der Waals surface area (Å²) in [6.45, 7) is 5.87. The van der Waals surface area contributed by atoms with Gasteiger partial charge in [0.1, 0.15) is 11.5 Å². The Balaban J connectivity index is 3.34. The molecule has 18 heavy (non-hydrogen) atoms. The van der Waals surface area contributed by atoms with E-state index in [0.717, 1.165) is 10.9 Å². The van der Waals surface area contributed by atoms with Gasteiger partial charge in [-0.1, -0.05) is 20.8 Å². The molecule has 0 bridgehead atoms. The van der Waals surface area contributed by atoms with Gasteiger partial charge >= 0.3 is 0 Å². The lowest BCUT2D eigenvalue weighted by Crippen LogP contribution is -2.24. The van der Waals surface area contributed by atoms with Gasteiger partial charge in [-0.15, -0.1) is 0 Å². The molecule has 0 N–H and O–H groups in total. The molecular weight excluding hydrogens is 296 g/mol. The molecule has 0 fully saturated rings. The number of carbonyl (C=O) groups is 1. The van der Waals surface area contributed by atoms with Crippen LogP contribution < -0.4 is 9.47 Å². The summed E-state index contributed by atoms with van der Waals surface area (Å²) in [6.07, 6.45) is 0.771. The second-order valence-corrected chi connectivity index (χ2v) is 5.61. The number of benzene rings is 1. The fraction of sp³-hybridized carbons (Fsp3) is 0.500. The van der Waals surface area contributed by atoms with Crippen molar-refractivity contribution in [2.45, 2.75) is 27.2 Å². The zero-order valence-corrected chi connectivity index (χ0v) is 13.1. The van der Waals surface area contributed by atoms with Crippen LogP contribution in [0.1, 0.15) is 37.6 Å². The highest BCUT2D eigenvalue weighted by Gasteiger charge is 2.29. The summed E-state index contributed by atoms with van der Waals surface area (Å²) < 4.78 is 11.3. The maximum absolute atomic E-state index is 12.5. The molecule has 0 unspecified atom stereocenters. The van der Waals surface area contributed by atoms with Crippen LogP contribution in [-0.2, 0) is 0 Å². The molecule has 0 radical (unpaired) electrons. The molecule has 100 valence electrons. The summed E-state index contributed by atoms with van der Waals surface area (Å²) in [4.78, 5) is 12.5. The lowest BCUT2D eigenvalue weighted by atomic mass is 9.81. The van der Waals surface area contributed by atoms with Crippen molar-refractivity contribution in [2.75, 3.05) is 14.2 Å². The summed E-state index contributed by atoms with van der Waals surface area (Å²) >= 11 is 3.38. The smallest absolute Gasteiger partial charge is 0.172 e. The largest absolute Gasteiger partial charge is 0.496 e. The van der Waals surface area contributed by atoms with Crippen LogP contribution in [0.2, 0.25) is 0 Å². The van der Waals surface area contributed by atoms with Gasteiger partial charge < -0.3 is 9.47 Å². The maximum Gasteiger partial charge on any atom is 0.172 e. The Morgan fingerprint density at radius 1 is 1.22 bits per heavy atom. The van der Waals surface area contributed by atoms with Gasteiger partial charge in [0.15, 0.2) is 5.78 Å². The monoisotopic (exact) mass is 314 g/mol. The van der Waals surface area contributed by atoms with Gasteiger partial charge in [-0.25, -0.2) is 0 Å². The van der Waals surface area contributed by atoms with Crippen LogP contribution in [0.15, 0.2) is 16.6 Å². The van der Waals surface area contributed by atoms with Crippen LogP contribution in [0.4, 0.5) is 0 Å². The van der Waals surface area contributed by atoms with Gasteiger partial charge in [0.25, 0.3) is 0 Å². The summed E-state index contributed by atoms with van der Waals surface area (Å²) in [5, 5.41) is 0. The fourth-order valence-corrected chi connectivity index (χ4v) is 2.05. The number of carbonyl (C=O) groups excluding carboxylic acids is 1. The molecule has 0 aromatic heterocycles. The summed E-state index contributed by atoms with van der Waals surface area (Å²) in [7, 11) is 3.13. The molecular formula is C14H19BrO3. The molecule has 0 saturated carbocycles. The van der Waals surface area contributed by atoms with E-state index in [2.05, 4.69) is 15.9 Å². The minimum absolute atomic E-state index is 0.0626. The third kappa shape index (κ3) is 2.86. The Hall–Kier alpha value is -1.03. The highest BCUT2D eigenvalue weighted by atomic mass is 79.9. The Labute approximate surface area is 117 Å². The fourth-order valence-electron chi connectivity index (χ4n) is 1.56. The van der Waals surface area contributed by atoms with Crippen molar-refractivity contribution in [3.05, 3.63) is 22.2 Å². The van der Waals surface area contributed by atoms with Crippen molar-refractivity contribution in [3.8, 4) is 11.5 Å². The number of ether oxygens (including phenoxy) is 2. The second kappa shape index (κ2) is 5.74. The number of hydrogen-bond acceptors (Lipinski definition) is 3. The van der Waals surface area contributed by atoms with Crippen LogP contribution in [-0.4, -0.2) is 20.0 Å². The first-order valence-electron chi connectivity index (χ1n) is 5.83. The third-order valence-corrected chi connectivity index (χ3v) is 3.84. The molecule has 0 spiro atoms. The van der Waals surface area contributed by atoms with E-state index in [0.29, 0.717) is 17.1 Å². The second-order valence-electron chi connectivity index (χ2n) is 4.75. The number of Topliss-reactive ketones (excluding diaryl/α,β-unsaturated/α-hetero) is 1. The molecule has 1 aromatic carbocycles. The molecule has 0 saturated heterocycles. The topological polar surface area (TPSA) is 35.5 Å². The van der Waals surface area contributed by atoms with Crippen LogP contribution in [0.3, 0.4) is 0 Å². The van der Waals surface area contributed by atoms with E-state index in [1.54, 1.807) is 26.4 Å². The van der Waals surface area contributed by atoms with Crippen molar-refractivity contribution >= 4 is 21.7 Å². The number of rotatable bonds is 5. The number of ketones is 1. The Morgan fingerprint density at radius 2 is 1.78 bits per heavy atom. The summed E-state index contributed by atoms with van der Waals surface area (Å²) in [6, 6.07) is 3.49. The molecule has 1 rings (SSSR count). The first kappa shape index (κ1) is 15.0. The van der Waals surface area contributed by atoms with E-state index in [-0.39, 0.29) is 5.78 Å². The van der Waals surface area contributed by atoms with E-state index in [4.69, 9.17) is 9.47 Å². The van der Waals surface area contributed by atoms with E-state index in [9.17, 15) is 4.79 Å². The molecule has 0 aliphatic carbocycles. The van der Waals surface area contributed by atoms with Crippen LogP contribution in [0.5, 0.6) is 11.5 Å². The Morgan fingerprint density at radius 3 is 2.22 bits per heavy atom. The molecule has 0 aliphatic heterocycles. The molecule has 1 aromatic rings. The highest BCUT2D eigenvalue weighted by Crippen LogP contribution is 2.36. The molecule has 0 amide bonds. The van der Waals surface area contributed by atoms with Crippen LogP contribution in [0.25, 0.3) is 0 Å². The SMILES string of the molecule is CCC(C)(C)C(=O)c1cc(OC)c(Br)cc1OC. The quantitative estimate of drug-likeness (QED) is 0.768. The molecule has 0 aliphatic rings. The average Bonchev–Trinajstić information content (AvgIpc) is 2.37. The van der Waals surface area contributed by atoms with E-state index in [1.165, 1.54) is 0 Å². The average molecular weight is 315 g/mol. The molecule has 0 atom stereocenters. The van der Waals surface area contributed by atoms with E-state index >= 15 is 0 Å².